The van der Waals surface area contributed by atoms with Crippen LogP contribution < -0.4 is 5.73 Å². The van der Waals surface area contributed by atoms with Crippen LogP contribution in [0.15, 0.2) is 6.33 Å². The van der Waals surface area contributed by atoms with Gasteiger partial charge in [0.25, 0.3) is 0 Å². The molecular formula is C30H42FN5O10Si. The fraction of sp³-hybridized carbons (Fsp3) is 0.633. The van der Waals surface area contributed by atoms with E-state index in [-0.39, 0.29) is 67.5 Å². The molecule has 1 fully saturated rings. The van der Waals surface area contributed by atoms with Gasteiger partial charge in [0.05, 0.1) is 12.4 Å². The highest BCUT2D eigenvalue weighted by Gasteiger charge is 2.54. The van der Waals surface area contributed by atoms with Gasteiger partial charge in [0.1, 0.15) is 26.0 Å². The van der Waals surface area contributed by atoms with E-state index in [1.54, 1.807) is 0 Å². The van der Waals surface area contributed by atoms with Crippen LogP contribution in [0.2, 0.25) is 18.1 Å². The third kappa shape index (κ3) is 9.69. The maximum absolute atomic E-state index is 14.1. The first-order valence-electron chi connectivity index (χ1n) is 15.0. The van der Waals surface area contributed by atoms with Gasteiger partial charge in [-0.15, -0.1) is 6.42 Å². The lowest BCUT2D eigenvalue weighted by Gasteiger charge is -2.41. The Morgan fingerprint density at radius 2 is 1.74 bits per heavy atom. The molecule has 1 aliphatic heterocycles. The van der Waals surface area contributed by atoms with Crippen LogP contribution in [0.3, 0.4) is 0 Å². The molecule has 2 aromatic heterocycles. The topological polar surface area (TPSA) is 193 Å². The first kappa shape index (κ1) is 37.3. The van der Waals surface area contributed by atoms with Crippen molar-refractivity contribution in [2.45, 2.75) is 102 Å². The summed E-state index contributed by atoms with van der Waals surface area (Å²) in [6.45, 7) is 11.7. The molecule has 0 bridgehead atoms. The fourth-order valence-electron chi connectivity index (χ4n) is 4.42. The van der Waals surface area contributed by atoms with Crippen LogP contribution in [-0.4, -0.2) is 89.3 Å². The third-order valence-electron chi connectivity index (χ3n) is 7.95. The zero-order valence-electron chi connectivity index (χ0n) is 27.7. The Hall–Kier alpha value is -4.14. The summed E-state index contributed by atoms with van der Waals surface area (Å²) in [5.41, 5.74) is 4.60. The summed E-state index contributed by atoms with van der Waals surface area (Å²) >= 11 is 0. The molecule has 0 saturated carbocycles. The van der Waals surface area contributed by atoms with Crippen molar-refractivity contribution in [2.24, 2.45) is 0 Å². The smallest absolute Gasteiger partial charge is 0.312 e. The highest BCUT2D eigenvalue weighted by Crippen LogP contribution is 2.45. The van der Waals surface area contributed by atoms with Crippen molar-refractivity contribution < 1.29 is 51.7 Å². The van der Waals surface area contributed by atoms with Crippen LogP contribution in [-0.2, 0) is 47.3 Å². The van der Waals surface area contributed by atoms with Crippen molar-refractivity contribution in [3.8, 4) is 12.3 Å². The molecule has 3 heterocycles. The monoisotopic (exact) mass is 679 g/mol. The zero-order valence-corrected chi connectivity index (χ0v) is 28.7. The van der Waals surface area contributed by atoms with Crippen molar-refractivity contribution in [1.82, 2.24) is 19.5 Å². The summed E-state index contributed by atoms with van der Waals surface area (Å²) < 4.78 is 49.1. The SMILES string of the molecule is C#CC1(COC(=O)CCCC(=O)OC(COC(C)=O)COC(C)=O)O[C@@H](n2cnc3c(N)nc(F)nc32)CC1O[Si](C)(C)C(C)(C)C. The van der Waals surface area contributed by atoms with Crippen molar-refractivity contribution in [3.63, 3.8) is 0 Å². The molecule has 0 aromatic carbocycles. The molecule has 3 rings (SSSR count). The molecule has 2 N–H and O–H groups in total. The summed E-state index contributed by atoms with van der Waals surface area (Å²) in [7, 11) is -2.44. The number of nitrogen functional groups attached to an aromatic ring is 1. The number of terminal acetylenes is 1. The number of carbonyl (C=O) groups is 4. The van der Waals surface area contributed by atoms with E-state index in [4.69, 9.17) is 40.3 Å². The molecule has 17 heteroatoms. The minimum Gasteiger partial charge on any atom is -0.462 e. The molecule has 1 saturated heterocycles. The van der Waals surface area contributed by atoms with Crippen LogP contribution in [0, 0.1) is 18.4 Å². The average molecular weight is 680 g/mol. The van der Waals surface area contributed by atoms with Gasteiger partial charge in [0.2, 0.25) is 0 Å². The lowest BCUT2D eigenvalue weighted by atomic mass is 9.99. The van der Waals surface area contributed by atoms with Crippen LogP contribution in [0.1, 0.15) is 66.5 Å². The van der Waals surface area contributed by atoms with Gasteiger partial charge >= 0.3 is 30.0 Å². The van der Waals surface area contributed by atoms with Gasteiger partial charge < -0.3 is 33.8 Å². The third-order valence-corrected chi connectivity index (χ3v) is 12.4. The average Bonchev–Trinajstić information content (AvgIpc) is 3.54. The molecule has 0 spiro atoms. The molecule has 2 aromatic rings. The molecular weight excluding hydrogens is 637 g/mol. The van der Waals surface area contributed by atoms with E-state index in [9.17, 15) is 23.6 Å². The number of esters is 4. The van der Waals surface area contributed by atoms with E-state index in [2.05, 4.69) is 41.6 Å². The van der Waals surface area contributed by atoms with Crippen molar-refractivity contribution >= 4 is 49.2 Å². The maximum Gasteiger partial charge on any atom is 0.312 e. The number of hydrogen-bond donors (Lipinski definition) is 1. The predicted octanol–water partition coefficient (Wildman–Crippen LogP) is 2.98. The van der Waals surface area contributed by atoms with Crippen molar-refractivity contribution in [3.05, 3.63) is 12.4 Å². The van der Waals surface area contributed by atoms with Gasteiger partial charge in [-0.3, -0.25) is 23.7 Å². The Labute approximate surface area is 273 Å². The van der Waals surface area contributed by atoms with E-state index in [0.29, 0.717) is 0 Å². The quantitative estimate of drug-likeness (QED) is 0.101. The lowest BCUT2D eigenvalue weighted by molar-refractivity contribution is -0.166. The standard InChI is InChI=1S/C30H42FN5O10Si/c1-9-30(16-43-23(39)11-10-12-24(40)44-20(14-41-18(2)37)15-42-19(3)38)21(46-47(7,8)29(4,5)6)13-22(45-30)36-17-33-25-26(32)34-28(31)35-27(25)36/h1,17,20-22H,10-16H2,2-8H3,(H2,32,34,35)/t21?,22-,30?/m1/s1. The first-order valence-corrected chi connectivity index (χ1v) is 17.9. The number of nitrogens with two attached hydrogens (primary N) is 1. The number of halogens is 1. The number of fused-ring (bicyclic) bond motifs is 1. The second-order valence-electron chi connectivity index (χ2n) is 12.6. The maximum atomic E-state index is 14.1. The summed E-state index contributed by atoms with van der Waals surface area (Å²) in [5, 5.41) is -0.196. The molecule has 0 amide bonds. The molecule has 2 unspecified atom stereocenters. The van der Waals surface area contributed by atoms with E-state index in [0.717, 1.165) is 0 Å². The van der Waals surface area contributed by atoms with Crippen LogP contribution in [0.5, 0.6) is 0 Å². The van der Waals surface area contributed by atoms with Gasteiger partial charge in [-0.25, -0.2) is 4.98 Å². The number of carbonyl (C=O) groups excluding carboxylic acids is 4. The largest absolute Gasteiger partial charge is 0.462 e. The highest BCUT2D eigenvalue weighted by atomic mass is 28.4. The first-order chi connectivity index (χ1) is 21.9. The summed E-state index contributed by atoms with van der Waals surface area (Å²) in [4.78, 5) is 59.0. The summed E-state index contributed by atoms with van der Waals surface area (Å²) in [6, 6.07) is 0. The van der Waals surface area contributed by atoms with Crippen molar-refractivity contribution in [2.75, 3.05) is 25.6 Å². The number of hydrogen-bond acceptors (Lipinski definition) is 14. The van der Waals surface area contributed by atoms with E-state index in [1.165, 1.54) is 24.7 Å². The second kappa shape index (κ2) is 15.2. The number of rotatable bonds is 14. The second-order valence-corrected chi connectivity index (χ2v) is 17.4. The molecule has 0 aliphatic carbocycles. The van der Waals surface area contributed by atoms with Crippen molar-refractivity contribution in [1.29, 1.82) is 0 Å². The molecule has 0 radical (unpaired) electrons. The number of anilines is 1. The lowest BCUT2D eigenvalue weighted by Crippen LogP contribution is -2.52. The summed E-state index contributed by atoms with van der Waals surface area (Å²) in [6.07, 6.45) is 3.79. The molecule has 47 heavy (non-hydrogen) atoms. The normalized spacial score (nSPS) is 19.7. The molecule has 1 aliphatic rings. The van der Waals surface area contributed by atoms with Gasteiger partial charge in [0, 0.05) is 33.1 Å². The molecule has 15 nitrogen and oxygen atoms in total. The van der Waals surface area contributed by atoms with Gasteiger partial charge in [0.15, 0.2) is 37.0 Å². The number of ether oxygens (including phenoxy) is 5. The van der Waals surface area contributed by atoms with Gasteiger partial charge in [-0.05, 0) is 24.6 Å². The predicted molar refractivity (Wildman–Crippen MR) is 166 cm³/mol. The van der Waals surface area contributed by atoms with Crippen LogP contribution in [0.4, 0.5) is 10.2 Å². The van der Waals surface area contributed by atoms with Gasteiger partial charge in [-0.1, -0.05) is 26.7 Å². The Kier molecular flexibility index (Phi) is 12.0. The van der Waals surface area contributed by atoms with E-state index < -0.39 is 62.3 Å². The zero-order chi connectivity index (χ0) is 35.2. The number of aromatic nitrogens is 4. The fourth-order valence-corrected chi connectivity index (χ4v) is 5.77. The number of nitrogens with zero attached hydrogens (tertiary/aromatic N) is 4. The Bertz CT molecular complexity index is 1500. The van der Waals surface area contributed by atoms with Crippen LogP contribution in [0.25, 0.3) is 11.2 Å². The minimum atomic E-state index is -2.44. The van der Waals surface area contributed by atoms with Crippen LogP contribution >= 0.6 is 0 Å². The Morgan fingerprint density at radius 3 is 2.32 bits per heavy atom. The molecule has 3 atom stereocenters. The van der Waals surface area contributed by atoms with E-state index >= 15 is 0 Å². The Morgan fingerprint density at radius 1 is 1.13 bits per heavy atom. The minimum absolute atomic E-state index is 0.0651. The Balaban J connectivity index is 1.69. The molecule has 258 valence electrons. The van der Waals surface area contributed by atoms with Gasteiger partial charge in [-0.2, -0.15) is 14.4 Å². The number of imidazole rings is 1. The summed E-state index contributed by atoms with van der Waals surface area (Å²) in [5.74, 6) is -0.0336. The van der Waals surface area contributed by atoms with E-state index in [1.807, 2.05) is 13.1 Å². The highest BCUT2D eigenvalue weighted by molar-refractivity contribution is 6.74.